The van der Waals surface area contributed by atoms with E-state index in [1.807, 2.05) is 30.4 Å². The van der Waals surface area contributed by atoms with Crippen molar-refractivity contribution in [2.45, 2.75) is 38.7 Å². The fourth-order valence-electron chi connectivity index (χ4n) is 4.35. The minimum atomic E-state index is -0.419. The van der Waals surface area contributed by atoms with E-state index in [2.05, 4.69) is 42.2 Å². The van der Waals surface area contributed by atoms with E-state index in [9.17, 15) is 9.90 Å². The molecule has 1 fully saturated rings. The van der Waals surface area contributed by atoms with Crippen LogP contribution >= 0.6 is 22.6 Å². The Bertz CT molecular complexity index is 731. The van der Waals surface area contributed by atoms with E-state index >= 15 is 0 Å². The maximum Gasteiger partial charge on any atom is 0.182 e. The Morgan fingerprint density at radius 3 is 2.96 bits per heavy atom. The minimum absolute atomic E-state index is 0.0174. The largest absolute Gasteiger partial charge is 0.392 e. The Labute approximate surface area is 157 Å². The lowest BCUT2D eigenvalue weighted by Gasteiger charge is -2.50. The van der Waals surface area contributed by atoms with E-state index in [1.165, 1.54) is 0 Å². The van der Waals surface area contributed by atoms with E-state index in [-0.39, 0.29) is 17.1 Å². The van der Waals surface area contributed by atoms with Gasteiger partial charge in [0.25, 0.3) is 0 Å². The number of allylic oxidation sites excluding steroid dienone is 3. The Morgan fingerprint density at radius 1 is 1.46 bits per heavy atom. The summed E-state index contributed by atoms with van der Waals surface area (Å²) in [4.78, 5) is 12.7. The molecule has 2 aliphatic carbocycles. The van der Waals surface area contributed by atoms with Crippen LogP contribution in [0.5, 0.6) is 0 Å². The molecule has 126 valence electrons. The van der Waals surface area contributed by atoms with Crippen molar-refractivity contribution in [3.63, 3.8) is 0 Å². The summed E-state index contributed by atoms with van der Waals surface area (Å²) in [6.07, 6.45) is 8.59. The lowest BCUT2D eigenvalue weighted by Crippen LogP contribution is -2.48. The number of aliphatic hydroxyl groups excluding tert-OH is 1. The van der Waals surface area contributed by atoms with Crippen LogP contribution in [-0.4, -0.2) is 17.0 Å². The van der Waals surface area contributed by atoms with Crippen molar-refractivity contribution in [3.8, 4) is 0 Å². The van der Waals surface area contributed by atoms with Gasteiger partial charge in [0.1, 0.15) is 0 Å². The Morgan fingerprint density at radius 2 is 2.25 bits per heavy atom. The molecule has 0 unspecified atom stereocenters. The van der Waals surface area contributed by atoms with Gasteiger partial charge in [0.15, 0.2) is 5.78 Å². The number of aliphatic hydroxyl groups is 1. The Kier molecular flexibility index (Phi) is 5.11. The average Bonchev–Trinajstić information content (AvgIpc) is 2.54. The summed E-state index contributed by atoms with van der Waals surface area (Å²) < 4.78 is 1.15. The van der Waals surface area contributed by atoms with Crippen molar-refractivity contribution in [1.29, 1.82) is 0 Å². The molecule has 1 saturated carbocycles. The standard InChI is InChI=1S/C21H23IO2/c1-3-10-21-14(2)18(12-15-6-4-8-17(22)11-15)19(23)13-16(21)7-5-9-20(21)24/h3-4,6,8,11-14,20,24H,1,5,7,9-10H2,2H3/t14-,20-,21-/m0/s1. The number of carbonyl (C=O) groups is 1. The summed E-state index contributed by atoms with van der Waals surface area (Å²) in [6, 6.07) is 8.13. The van der Waals surface area contributed by atoms with Gasteiger partial charge in [0.05, 0.1) is 6.10 Å². The van der Waals surface area contributed by atoms with Gasteiger partial charge < -0.3 is 5.11 Å². The highest BCUT2D eigenvalue weighted by Gasteiger charge is 2.50. The molecule has 3 heteroatoms. The molecule has 2 nitrogen and oxygen atoms in total. The molecular weight excluding hydrogens is 411 g/mol. The molecule has 2 aliphatic rings. The Balaban J connectivity index is 2.11. The molecule has 3 rings (SSSR count). The van der Waals surface area contributed by atoms with Gasteiger partial charge >= 0.3 is 0 Å². The monoisotopic (exact) mass is 434 g/mol. The number of rotatable bonds is 3. The molecule has 3 atom stereocenters. The van der Waals surface area contributed by atoms with Crippen molar-refractivity contribution < 1.29 is 9.90 Å². The summed E-state index contributed by atoms with van der Waals surface area (Å²) in [7, 11) is 0. The molecule has 24 heavy (non-hydrogen) atoms. The van der Waals surface area contributed by atoms with Crippen LogP contribution in [-0.2, 0) is 4.79 Å². The summed E-state index contributed by atoms with van der Waals surface area (Å²) in [5, 5.41) is 10.8. The van der Waals surface area contributed by atoms with Crippen LogP contribution < -0.4 is 0 Å². The van der Waals surface area contributed by atoms with Gasteiger partial charge in [-0.05, 0) is 84.0 Å². The number of carbonyl (C=O) groups excluding carboxylic acids is 1. The maximum absolute atomic E-state index is 12.7. The highest BCUT2D eigenvalue weighted by molar-refractivity contribution is 14.1. The quantitative estimate of drug-likeness (QED) is 0.416. The summed E-state index contributed by atoms with van der Waals surface area (Å²) in [6.45, 7) is 5.99. The highest BCUT2D eigenvalue weighted by atomic mass is 127. The molecular formula is C21H23IO2. The molecule has 0 bridgehead atoms. The van der Waals surface area contributed by atoms with E-state index in [1.54, 1.807) is 6.08 Å². The van der Waals surface area contributed by atoms with Gasteiger partial charge in [0.2, 0.25) is 0 Å². The fraction of sp³-hybridized carbons (Fsp3) is 0.381. The second kappa shape index (κ2) is 6.96. The molecule has 1 aromatic carbocycles. The first-order chi connectivity index (χ1) is 11.5. The third kappa shape index (κ3) is 2.93. The van der Waals surface area contributed by atoms with E-state index in [0.717, 1.165) is 39.5 Å². The average molecular weight is 434 g/mol. The van der Waals surface area contributed by atoms with Crippen LogP contribution in [0.15, 0.2) is 54.1 Å². The van der Waals surface area contributed by atoms with Crippen molar-refractivity contribution in [1.82, 2.24) is 0 Å². The topological polar surface area (TPSA) is 37.3 Å². The van der Waals surface area contributed by atoms with E-state index in [4.69, 9.17) is 0 Å². The highest BCUT2D eigenvalue weighted by Crippen LogP contribution is 2.54. The smallest absolute Gasteiger partial charge is 0.182 e. The zero-order valence-electron chi connectivity index (χ0n) is 14.0. The molecule has 1 N–H and O–H groups in total. The first-order valence-electron chi connectivity index (χ1n) is 8.50. The van der Waals surface area contributed by atoms with Gasteiger partial charge in [-0.1, -0.05) is 30.7 Å². The van der Waals surface area contributed by atoms with Crippen molar-refractivity contribution in [3.05, 3.63) is 63.3 Å². The SMILES string of the molecule is C=CC[C@@]12C(=CC(=O)C(=Cc3cccc(I)c3)[C@@H]1C)CCC[C@@H]2O. The van der Waals surface area contributed by atoms with Gasteiger partial charge in [-0.2, -0.15) is 0 Å². The van der Waals surface area contributed by atoms with Crippen LogP contribution in [0.2, 0.25) is 0 Å². The predicted octanol–water partition coefficient (Wildman–Crippen LogP) is 4.93. The molecule has 0 amide bonds. The van der Waals surface area contributed by atoms with Crippen molar-refractivity contribution in [2.75, 3.05) is 0 Å². The normalized spacial score (nSPS) is 31.5. The predicted molar refractivity (Wildman–Crippen MR) is 106 cm³/mol. The van der Waals surface area contributed by atoms with Gasteiger partial charge in [-0.25, -0.2) is 0 Å². The minimum Gasteiger partial charge on any atom is -0.392 e. The number of halogens is 1. The Hall–Kier alpha value is -1.20. The second-order valence-electron chi connectivity index (χ2n) is 6.85. The number of fused-ring (bicyclic) bond motifs is 1. The molecule has 1 aromatic rings. The summed E-state index contributed by atoms with van der Waals surface area (Å²) >= 11 is 2.28. The van der Waals surface area contributed by atoms with E-state index < -0.39 is 6.10 Å². The lowest BCUT2D eigenvalue weighted by molar-refractivity contribution is -0.113. The number of hydrogen-bond donors (Lipinski definition) is 1. The van der Waals surface area contributed by atoms with Crippen LogP contribution in [0.1, 0.15) is 38.2 Å². The van der Waals surface area contributed by atoms with Crippen LogP contribution in [0.4, 0.5) is 0 Å². The van der Waals surface area contributed by atoms with Gasteiger partial charge in [-0.15, -0.1) is 6.58 Å². The van der Waals surface area contributed by atoms with Crippen LogP contribution in [0, 0.1) is 14.9 Å². The third-order valence-corrected chi connectivity index (χ3v) is 6.27. The van der Waals surface area contributed by atoms with Crippen LogP contribution in [0.25, 0.3) is 6.08 Å². The fourth-order valence-corrected chi connectivity index (χ4v) is 4.92. The zero-order chi connectivity index (χ0) is 17.3. The molecule has 0 aromatic heterocycles. The first kappa shape index (κ1) is 17.6. The molecule has 0 aliphatic heterocycles. The van der Waals surface area contributed by atoms with Crippen molar-refractivity contribution in [2.24, 2.45) is 11.3 Å². The van der Waals surface area contributed by atoms with Crippen molar-refractivity contribution >= 4 is 34.5 Å². The zero-order valence-corrected chi connectivity index (χ0v) is 16.1. The maximum atomic E-state index is 12.7. The van der Waals surface area contributed by atoms with Gasteiger partial charge in [-0.3, -0.25) is 4.79 Å². The third-order valence-electron chi connectivity index (χ3n) is 5.60. The molecule has 0 saturated heterocycles. The second-order valence-corrected chi connectivity index (χ2v) is 8.10. The number of benzene rings is 1. The van der Waals surface area contributed by atoms with Crippen LogP contribution in [0.3, 0.4) is 0 Å². The van der Waals surface area contributed by atoms with Gasteiger partial charge in [0, 0.05) is 14.6 Å². The molecule has 0 spiro atoms. The lowest BCUT2D eigenvalue weighted by atomic mass is 9.55. The molecule has 0 radical (unpaired) electrons. The summed E-state index contributed by atoms with van der Waals surface area (Å²) in [5.74, 6) is 0.0707. The number of hydrogen-bond acceptors (Lipinski definition) is 2. The molecule has 0 heterocycles. The first-order valence-corrected chi connectivity index (χ1v) is 9.58. The number of ketones is 1. The summed E-state index contributed by atoms with van der Waals surface area (Å²) in [5.41, 5.74) is 2.57. The van der Waals surface area contributed by atoms with E-state index in [0.29, 0.717) is 6.42 Å².